The van der Waals surface area contributed by atoms with Crippen molar-refractivity contribution < 1.29 is 18.4 Å². The van der Waals surface area contributed by atoms with Crippen molar-refractivity contribution in [2.75, 3.05) is 6.54 Å². The summed E-state index contributed by atoms with van der Waals surface area (Å²) in [6.07, 6.45) is 0. The summed E-state index contributed by atoms with van der Waals surface area (Å²) in [5, 5.41) is 0. The first-order valence-electron chi connectivity index (χ1n) is 10.4. The molecule has 0 saturated carbocycles. The fraction of sp³-hybridized carbons (Fsp3) is 0.154. The summed E-state index contributed by atoms with van der Waals surface area (Å²) < 4.78 is 27.8. The van der Waals surface area contributed by atoms with Crippen molar-refractivity contribution in [3.8, 4) is 0 Å². The van der Waals surface area contributed by atoms with Crippen LogP contribution in [0.5, 0.6) is 0 Å². The minimum atomic E-state index is -0.522. The molecule has 3 aromatic carbocycles. The van der Waals surface area contributed by atoms with Gasteiger partial charge in [0, 0.05) is 18.7 Å². The van der Waals surface area contributed by atoms with Gasteiger partial charge in [-0.2, -0.15) is 0 Å². The Labute approximate surface area is 185 Å². The second-order valence-electron chi connectivity index (χ2n) is 7.52. The van der Waals surface area contributed by atoms with Crippen LogP contribution >= 0.6 is 0 Å². The summed E-state index contributed by atoms with van der Waals surface area (Å²) in [4.78, 5) is 29.8. The average molecular weight is 432 g/mol. The minimum Gasteiger partial charge on any atom is -0.362 e. The molecule has 0 unspecified atom stereocenters. The topological polar surface area (TPSA) is 40.6 Å². The maximum Gasteiger partial charge on any atom is 0.278 e. The molecule has 2 amide bonds. The van der Waals surface area contributed by atoms with Crippen molar-refractivity contribution >= 4 is 17.4 Å². The largest absolute Gasteiger partial charge is 0.362 e. The number of nitrogens with zero attached hydrogens (tertiary/aromatic N) is 2. The Kier molecular flexibility index (Phi) is 6.12. The van der Waals surface area contributed by atoms with E-state index in [9.17, 15) is 18.4 Å². The van der Waals surface area contributed by atoms with Crippen LogP contribution < -0.4 is 0 Å². The normalized spacial score (nSPS) is 13.8. The first-order valence-corrected chi connectivity index (χ1v) is 10.4. The zero-order chi connectivity index (χ0) is 22.7. The lowest BCUT2D eigenvalue weighted by atomic mass is 10.0. The number of benzene rings is 3. The van der Waals surface area contributed by atoms with Crippen LogP contribution in [0.1, 0.15) is 23.6 Å². The molecule has 1 aliphatic rings. The molecule has 162 valence electrons. The number of rotatable bonds is 7. The third-order valence-corrected chi connectivity index (χ3v) is 5.48. The number of amides is 2. The molecule has 0 aliphatic carbocycles. The summed E-state index contributed by atoms with van der Waals surface area (Å²) >= 11 is 0. The van der Waals surface area contributed by atoms with Gasteiger partial charge in [0.25, 0.3) is 11.8 Å². The number of carbonyl (C=O) groups is 2. The molecule has 32 heavy (non-hydrogen) atoms. The molecule has 0 fully saturated rings. The lowest BCUT2D eigenvalue weighted by molar-refractivity contribution is -0.138. The molecule has 1 aliphatic heterocycles. The van der Waals surface area contributed by atoms with E-state index in [-0.39, 0.29) is 23.4 Å². The van der Waals surface area contributed by atoms with E-state index in [1.54, 1.807) is 18.2 Å². The van der Waals surface area contributed by atoms with Gasteiger partial charge < -0.3 is 4.90 Å². The van der Waals surface area contributed by atoms with Gasteiger partial charge in [0.1, 0.15) is 17.3 Å². The Morgan fingerprint density at radius 2 is 1.47 bits per heavy atom. The molecule has 3 aromatic rings. The molecular weight excluding hydrogens is 410 g/mol. The van der Waals surface area contributed by atoms with Crippen LogP contribution in [0.25, 0.3) is 5.57 Å². The molecule has 0 radical (unpaired) electrons. The van der Waals surface area contributed by atoms with Gasteiger partial charge in [0.2, 0.25) is 0 Å². The third-order valence-electron chi connectivity index (χ3n) is 5.48. The number of carbonyl (C=O) groups excluding carboxylic acids is 2. The average Bonchev–Trinajstić information content (AvgIpc) is 3.05. The van der Waals surface area contributed by atoms with Crippen LogP contribution in [0.4, 0.5) is 8.78 Å². The molecule has 0 aromatic heterocycles. The van der Waals surface area contributed by atoms with Gasteiger partial charge in [-0.3, -0.25) is 14.5 Å². The van der Waals surface area contributed by atoms with Crippen molar-refractivity contribution in [2.24, 2.45) is 0 Å². The van der Waals surface area contributed by atoms with E-state index in [1.807, 2.05) is 42.2 Å². The summed E-state index contributed by atoms with van der Waals surface area (Å²) in [6, 6.07) is 21.1. The van der Waals surface area contributed by atoms with Gasteiger partial charge in [-0.1, -0.05) is 60.7 Å². The van der Waals surface area contributed by atoms with Crippen molar-refractivity contribution in [1.29, 1.82) is 0 Å². The van der Waals surface area contributed by atoms with Crippen LogP contribution in [0.2, 0.25) is 0 Å². The zero-order valence-corrected chi connectivity index (χ0v) is 17.6. The maximum absolute atomic E-state index is 14.3. The van der Waals surface area contributed by atoms with Crippen LogP contribution in [0, 0.1) is 11.6 Å². The highest BCUT2D eigenvalue weighted by molar-refractivity contribution is 6.35. The summed E-state index contributed by atoms with van der Waals surface area (Å²) in [5.74, 6) is -1.93. The highest BCUT2D eigenvalue weighted by atomic mass is 19.1. The predicted molar refractivity (Wildman–Crippen MR) is 118 cm³/mol. The summed E-state index contributed by atoms with van der Waals surface area (Å²) in [7, 11) is 0. The third kappa shape index (κ3) is 4.17. The van der Waals surface area contributed by atoms with E-state index in [0.29, 0.717) is 18.7 Å². The lowest BCUT2D eigenvalue weighted by Gasteiger charge is -2.25. The standard InChI is InChI=1S/C26H22F2N2O2/c1-2-29(16-18-8-4-3-5-9-18)24-23(19-12-14-21(27)15-13-19)25(31)30(26(24)32)17-20-10-6-7-11-22(20)28/h3-15H,2,16-17H2,1H3. The molecule has 0 atom stereocenters. The number of likely N-dealkylation sites (N-methyl/N-ethyl adjacent to an activating group) is 1. The number of imide groups is 1. The van der Waals surface area contributed by atoms with Gasteiger partial charge in [-0.05, 0) is 36.2 Å². The number of halogens is 2. The molecule has 0 spiro atoms. The van der Waals surface area contributed by atoms with E-state index in [2.05, 4.69) is 0 Å². The Bertz CT molecular complexity index is 1170. The van der Waals surface area contributed by atoms with Crippen molar-refractivity contribution in [3.05, 3.63) is 113 Å². The van der Waals surface area contributed by atoms with Crippen molar-refractivity contribution in [2.45, 2.75) is 20.0 Å². The Hall–Kier alpha value is -3.80. The van der Waals surface area contributed by atoms with Crippen molar-refractivity contribution in [3.63, 3.8) is 0 Å². The Morgan fingerprint density at radius 1 is 0.812 bits per heavy atom. The molecular formula is C26H22F2N2O2. The van der Waals surface area contributed by atoms with E-state index < -0.39 is 23.4 Å². The van der Waals surface area contributed by atoms with Gasteiger partial charge in [-0.25, -0.2) is 8.78 Å². The van der Waals surface area contributed by atoms with Crippen LogP contribution in [-0.4, -0.2) is 28.2 Å². The van der Waals surface area contributed by atoms with E-state index >= 15 is 0 Å². The highest BCUT2D eigenvalue weighted by Crippen LogP contribution is 2.33. The second kappa shape index (κ2) is 9.14. The quantitative estimate of drug-likeness (QED) is 0.505. The van der Waals surface area contributed by atoms with E-state index in [1.165, 1.54) is 30.3 Å². The van der Waals surface area contributed by atoms with Gasteiger partial charge in [0.15, 0.2) is 0 Å². The second-order valence-corrected chi connectivity index (χ2v) is 7.52. The van der Waals surface area contributed by atoms with Crippen LogP contribution in [0.3, 0.4) is 0 Å². The molecule has 0 bridgehead atoms. The Balaban J connectivity index is 1.77. The summed E-state index contributed by atoms with van der Waals surface area (Å²) in [6.45, 7) is 2.61. The first kappa shape index (κ1) is 21.4. The van der Waals surface area contributed by atoms with Gasteiger partial charge in [-0.15, -0.1) is 0 Å². The molecule has 0 saturated heterocycles. The van der Waals surface area contributed by atoms with Gasteiger partial charge in [0.05, 0.1) is 12.1 Å². The number of hydrogen-bond acceptors (Lipinski definition) is 3. The minimum absolute atomic E-state index is 0.179. The fourth-order valence-corrected chi connectivity index (χ4v) is 3.83. The van der Waals surface area contributed by atoms with Gasteiger partial charge >= 0.3 is 0 Å². The molecule has 4 rings (SSSR count). The number of hydrogen-bond donors (Lipinski definition) is 0. The first-order chi connectivity index (χ1) is 15.5. The maximum atomic E-state index is 14.3. The lowest BCUT2D eigenvalue weighted by Crippen LogP contribution is -2.35. The predicted octanol–water partition coefficient (Wildman–Crippen LogP) is 4.77. The highest BCUT2D eigenvalue weighted by Gasteiger charge is 2.41. The van der Waals surface area contributed by atoms with Crippen molar-refractivity contribution in [1.82, 2.24) is 9.80 Å². The SMILES string of the molecule is CCN(Cc1ccccc1)C1=C(c2ccc(F)cc2)C(=O)N(Cc2ccccc2F)C1=O. The van der Waals surface area contributed by atoms with Crippen LogP contribution in [0.15, 0.2) is 84.6 Å². The summed E-state index contributed by atoms with van der Waals surface area (Å²) in [5.41, 5.74) is 2.11. The van der Waals surface area contributed by atoms with E-state index in [4.69, 9.17) is 0 Å². The smallest absolute Gasteiger partial charge is 0.278 e. The fourth-order valence-electron chi connectivity index (χ4n) is 3.83. The molecule has 0 N–H and O–H groups in total. The molecule has 4 nitrogen and oxygen atoms in total. The van der Waals surface area contributed by atoms with E-state index in [0.717, 1.165) is 10.5 Å². The Morgan fingerprint density at radius 3 is 2.12 bits per heavy atom. The van der Waals surface area contributed by atoms with Crippen LogP contribution in [-0.2, 0) is 22.7 Å². The molecule has 6 heteroatoms. The monoisotopic (exact) mass is 432 g/mol. The zero-order valence-electron chi connectivity index (χ0n) is 17.6. The molecule has 1 heterocycles.